The van der Waals surface area contributed by atoms with Gasteiger partial charge in [0, 0.05) is 18.1 Å². The maximum absolute atomic E-state index is 12.2. The summed E-state index contributed by atoms with van der Waals surface area (Å²) in [5, 5.41) is 9.34. The zero-order valence-corrected chi connectivity index (χ0v) is 11.0. The zero-order valence-electron chi connectivity index (χ0n) is 10.2. The van der Waals surface area contributed by atoms with Crippen molar-refractivity contribution >= 4 is 20.9 Å². The lowest BCUT2D eigenvalue weighted by Crippen LogP contribution is -2.35. The molecule has 2 rings (SSSR count). The summed E-state index contributed by atoms with van der Waals surface area (Å²) in [7, 11) is -4.00. The normalized spacial score (nSPS) is 13.8. The molecule has 0 saturated heterocycles. The second kappa shape index (κ2) is 5.78. The minimum atomic E-state index is -4.00. The van der Waals surface area contributed by atoms with Gasteiger partial charge in [-0.15, -0.1) is 0 Å². The van der Waals surface area contributed by atoms with Gasteiger partial charge in [-0.05, 0) is 24.3 Å². The quantitative estimate of drug-likeness (QED) is 0.868. The number of pyridine rings is 1. The fourth-order valence-electron chi connectivity index (χ4n) is 1.67. The number of aromatic nitrogens is 1. The van der Waals surface area contributed by atoms with Crippen LogP contribution in [0.5, 0.6) is 0 Å². The number of rotatable bonds is 5. The molecule has 0 bridgehead atoms. The lowest BCUT2D eigenvalue weighted by atomic mass is 10.2. The van der Waals surface area contributed by atoms with E-state index in [4.69, 9.17) is 5.11 Å². The molecular weight excluding hydrogens is 290 g/mol. The standard InChI is InChI=1S/C12H12F2N2O3S/c13-12(14)10(17)7-16-20(18,19)11-5-1-4-9-8(11)3-2-6-15-9/h1-6,10,12,16-17H,7H2. The van der Waals surface area contributed by atoms with Crippen molar-refractivity contribution in [3.8, 4) is 0 Å². The van der Waals surface area contributed by atoms with Crippen molar-refractivity contribution in [1.82, 2.24) is 9.71 Å². The second-order valence-corrected chi connectivity index (χ2v) is 5.82. The molecule has 1 aromatic heterocycles. The molecule has 0 amide bonds. The summed E-state index contributed by atoms with van der Waals surface area (Å²) in [4.78, 5) is 3.95. The van der Waals surface area contributed by atoms with E-state index >= 15 is 0 Å². The second-order valence-electron chi connectivity index (χ2n) is 4.08. The molecule has 20 heavy (non-hydrogen) atoms. The summed E-state index contributed by atoms with van der Waals surface area (Å²) in [5.74, 6) is 0. The van der Waals surface area contributed by atoms with Crippen LogP contribution in [0, 0.1) is 0 Å². The Labute approximate surface area is 114 Å². The molecule has 108 valence electrons. The van der Waals surface area contributed by atoms with Crippen LogP contribution in [0.25, 0.3) is 10.9 Å². The Kier molecular flexibility index (Phi) is 4.26. The Bertz CT molecular complexity index is 701. The molecule has 0 aliphatic carbocycles. The van der Waals surface area contributed by atoms with Crippen LogP contribution in [-0.2, 0) is 10.0 Å². The predicted octanol–water partition coefficient (Wildman–Crippen LogP) is 1.14. The average molecular weight is 302 g/mol. The fraction of sp³-hybridized carbons (Fsp3) is 0.250. The fourth-order valence-corrected chi connectivity index (χ4v) is 2.94. The van der Waals surface area contributed by atoms with Crippen LogP contribution in [0.1, 0.15) is 0 Å². The summed E-state index contributed by atoms with van der Waals surface area (Å²) in [5.41, 5.74) is 0.477. The number of hydrogen-bond donors (Lipinski definition) is 2. The Hall–Kier alpha value is -1.64. The minimum absolute atomic E-state index is 0.0652. The van der Waals surface area contributed by atoms with Crippen LogP contribution in [0.3, 0.4) is 0 Å². The number of alkyl halides is 2. The van der Waals surface area contributed by atoms with E-state index in [9.17, 15) is 17.2 Å². The van der Waals surface area contributed by atoms with Crippen molar-refractivity contribution in [2.75, 3.05) is 6.54 Å². The number of nitrogens with one attached hydrogen (secondary N) is 1. The van der Waals surface area contributed by atoms with Crippen LogP contribution in [0.2, 0.25) is 0 Å². The third-order valence-electron chi connectivity index (χ3n) is 2.67. The topological polar surface area (TPSA) is 79.3 Å². The highest BCUT2D eigenvalue weighted by atomic mass is 32.2. The molecule has 0 radical (unpaired) electrons. The van der Waals surface area contributed by atoms with Crippen LogP contribution < -0.4 is 4.72 Å². The van der Waals surface area contributed by atoms with Crippen molar-refractivity contribution in [3.05, 3.63) is 36.5 Å². The molecule has 0 aliphatic heterocycles. The van der Waals surface area contributed by atoms with Gasteiger partial charge in [-0.25, -0.2) is 21.9 Å². The molecule has 0 aliphatic rings. The molecule has 1 atom stereocenters. The molecule has 0 saturated carbocycles. The van der Waals surface area contributed by atoms with Crippen LogP contribution >= 0.6 is 0 Å². The first-order valence-electron chi connectivity index (χ1n) is 5.71. The van der Waals surface area contributed by atoms with Crippen LogP contribution in [0.4, 0.5) is 8.78 Å². The molecule has 8 heteroatoms. The number of hydrogen-bond acceptors (Lipinski definition) is 4. The van der Waals surface area contributed by atoms with Crippen LogP contribution in [-0.4, -0.2) is 37.6 Å². The van der Waals surface area contributed by atoms with Crippen molar-refractivity contribution in [1.29, 1.82) is 0 Å². The smallest absolute Gasteiger partial charge is 0.265 e. The summed E-state index contributed by atoms with van der Waals surface area (Å²) < 4.78 is 50.4. The van der Waals surface area contributed by atoms with E-state index in [0.717, 1.165) is 0 Å². The van der Waals surface area contributed by atoms with Gasteiger partial charge in [-0.1, -0.05) is 6.07 Å². The van der Waals surface area contributed by atoms with Gasteiger partial charge in [-0.3, -0.25) is 4.98 Å². The van der Waals surface area contributed by atoms with E-state index in [2.05, 4.69) is 4.98 Å². The van der Waals surface area contributed by atoms with E-state index in [-0.39, 0.29) is 4.90 Å². The third kappa shape index (κ3) is 3.09. The monoisotopic (exact) mass is 302 g/mol. The van der Waals surface area contributed by atoms with Gasteiger partial charge in [0.15, 0.2) is 0 Å². The third-order valence-corrected chi connectivity index (χ3v) is 4.15. The average Bonchev–Trinajstić information content (AvgIpc) is 2.44. The number of aliphatic hydroxyl groups is 1. The van der Waals surface area contributed by atoms with Gasteiger partial charge in [0.1, 0.15) is 6.10 Å². The summed E-state index contributed by atoms with van der Waals surface area (Å²) >= 11 is 0. The number of benzene rings is 1. The van der Waals surface area contributed by atoms with Gasteiger partial charge in [0.25, 0.3) is 6.43 Å². The SMILES string of the molecule is O=S(=O)(NCC(O)C(F)F)c1cccc2ncccc12. The van der Waals surface area contributed by atoms with Gasteiger partial charge in [0.2, 0.25) is 10.0 Å². The summed E-state index contributed by atoms with van der Waals surface area (Å²) in [6.07, 6.45) is -3.53. The van der Waals surface area contributed by atoms with E-state index in [0.29, 0.717) is 10.9 Å². The highest BCUT2D eigenvalue weighted by Crippen LogP contribution is 2.20. The first-order chi connectivity index (χ1) is 9.42. The molecular formula is C12H12F2N2O3S. The highest BCUT2D eigenvalue weighted by Gasteiger charge is 2.22. The van der Waals surface area contributed by atoms with E-state index in [1.165, 1.54) is 18.3 Å². The maximum atomic E-state index is 12.2. The predicted molar refractivity (Wildman–Crippen MR) is 68.9 cm³/mol. The molecule has 1 aromatic carbocycles. The first kappa shape index (κ1) is 14.8. The minimum Gasteiger partial charge on any atom is -0.386 e. The molecule has 2 N–H and O–H groups in total. The lowest BCUT2D eigenvalue weighted by Gasteiger charge is -2.12. The number of sulfonamides is 1. The number of fused-ring (bicyclic) bond motifs is 1. The van der Waals surface area contributed by atoms with E-state index in [1.54, 1.807) is 18.2 Å². The van der Waals surface area contributed by atoms with Crippen molar-refractivity contribution in [3.63, 3.8) is 0 Å². The van der Waals surface area contributed by atoms with Gasteiger partial charge >= 0.3 is 0 Å². The number of halogens is 2. The molecule has 0 fully saturated rings. The Morgan fingerprint density at radius 2 is 2.00 bits per heavy atom. The molecule has 0 spiro atoms. The zero-order chi connectivity index (χ0) is 14.8. The van der Waals surface area contributed by atoms with E-state index < -0.39 is 29.1 Å². The van der Waals surface area contributed by atoms with Gasteiger partial charge in [0.05, 0.1) is 10.4 Å². The van der Waals surface area contributed by atoms with Crippen molar-refractivity contribution in [2.24, 2.45) is 0 Å². The lowest BCUT2D eigenvalue weighted by molar-refractivity contribution is -0.000449. The van der Waals surface area contributed by atoms with Gasteiger partial charge in [-0.2, -0.15) is 0 Å². The van der Waals surface area contributed by atoms with Gasteiger partial charge < -0.3 is 5.11 Å². The Morgan fingerprint density at radius 3 is 2.70 bits per heavy atom. The van der Waals surface area contributed by atoms with Crippen molar-refractivity contribution in [2.45, 2.75) is 17.4 Å². The molecule has 2 aromatic rings. The molecule has 1 unspecified atom stereocenters. The molecule has 1 heterocycles. The number of nitrogens with zero attached hydrogens (tertiary/aromatic N) is 1. The Balaban J connectivity index is 2.33. The number of aliphatic hydroxyl groups excluding tert-OH is 1. The Morgan fingerprint density at radius 1 is 1.25 bits per heavy atom. The summed E-state index contributed by atoms with van der Waals surface area (Å²) in [6.45, 7) is -0.753. The highest BCUT2D eigenvalue weighted by molar-refractivity contribution is 7.89. The van der Waals surface area contributed by atoms with Crippen LogP contribution in [0.15, 0.2) is 41.4 Å². The largest absolute Gasteiger partial charge is 0.386 e. The molecule has 5 nitrogen and oxygen atoms in total. The van der Waals surface area contributed by atoms with Crippen molar-refractivity contribution < 1.29 is 22.3 Å². The first-order valence-corrected chi connectivity index (χ1v) is 7.20. The van der Waals surface area contributed by atoms with E-state index in [1.807, 2.05) is 4.72 Å². The summed E-state index contributed by atoms with van der Waals surface area (Å²) in [6, 6.07) is 7.65. The maximum Gasteiger partial charge on any atom is 0.265 e.